The average molecular weight is 407 g/mol. The zero-order valence-corrected chi connectivity index (χ0v) is 16.6. The summed E-state index contributed by atoms with van der Waals surface area (Å²) in [6.45, 7) is 2.24. The zero-order chi connectivity index (χ0) is 21.1. The molecule has 2 N–H and O–H groups in total. The number of rotatable bonds is 4. The topological polar surface area (TPSA) is 88.9 Å². The van der Waals surface area contributed by atoms with Crippen LogP contribution in [0.1, 0.15) is 42.4 Å². The number of carbonyl (C=O) groups excluding carboxylic acids is 2. The third kappa shape index (κ3) is 4.22. The van der Waals surface area contributed by atoms with Gasteiger partial charge in [0.05, 0.1) is 5.69 Å². The highest BCUT2D eigenvalue weighted by molar-refractivity contribution is 6.05. The van der Waals surface area contributed by atoms with Gasteiger partial charge < -0.3 is 15.2 Å². The van der Waals surface area contributed by atoms with Crippen molar-refractivity contribution in [1.29, 1.82) is 0 Å². The largest absolute Gasteiger partial charge is 0.326 e. The number of benzene rings is 2. The Hall–Kier alpha value is -3.55. The smallest absolute Gasteiger partial charge is 0.255 e. The van der Waals surface area contributed by atoms with Crippen LogP contribution in [0.15, 0.2) is 42.5 Å². The first kappa shape index (κ1) is 19.8. The van der Waals surface area contributed by atoms with Gasteiger partial charge in [0, 0.05) is 36.7 Å². The fraction of sp³-hybridized carbons (Fsp3) is 0.273. The first-order valence-electron chi connectivity index (χ1n) is 9.92. The molecule has 0 radical (unpaired) electrons. The molecule has 3 aromatic rings. The maximum Gasteiger partial charge on any atom is 0.255 e. The number of hydrogen-bond acceptors (Lipinski definition) is 4. The molecule has 0 saturated carbocycles. The lowest BCUT2D eigenvalue weighted by molar-refractivity contribution is -0.114. The number of fused-ring (bicyclic) bond motifs is 1. The van der Waals surface area contributed by atoms with Crippen LogP contribution in [0, 0.1) is 5.82 Å². The quantitative estimate of drug-likeness (QED) is 0.684. The van der Waals surface area contributed by atoms with Crippen molar-refractivity contribution in [1.82, 2.24) is 14.8 Å². The summed E-state index contributed by atoms with van der Waals surface area (Å²) >= 11 is 0. The van der Waals surface area contributed by atoms with Gasteiger partial charge in [-0.05, 0) is 55.3 Å². The molecule has 0 fully saturated rings. The Morgan fingerprint density at radius 3 is 2.57 bits per heavy atom. The molecular formula is C22H22FN5O2. The molecule has 0 aliphatic carbocycles. The van der Waals surface area contributed by atoms with E-state index in [9.17, 15) is 14.0 Å². The van der Waals surface area contributed by atoms with Crippen molar-refractivity contribution in [3.05, 3.63) is 59.7 Å². The lowest BCUT2D eigenvalue weighted by Gasteiger charge is -2.11. The molecule has 2 amide bonds. The molecule has 2 aromatic carbocycles. The summed E-state index contributed by atoms with van der Waals surface area (Å²) in [6, 6.07) is 10.9. The predicted octanol–water partition coefficient (Wildman–Crippen LogP) is 4.02. The number of nitrogens with zero attached hydrogens (tertiary/aromatic N) is 3. The van der Waals surface area contributed by atoms with E-state index in [2.05, 4.69) is 25.4 Å². The van der Waals surface area contributed by atoms with Gasteiger partial charge >= 0.3 is 0 Å². The maximum absolute atomic E-state index is 14.4. The predicted molar refractivity (Wildman–Crippen MR) is 112 cm³/mol. The summed E-state index contributed by atoms with van der Waals surface area (Å²) in [7, 11) is 0. The lowest BCUT2D eigenvalue weighted by Crippen LogP contribution is -2.13. The van der Waals surface area contributed by atoms with Gasteiger partial charge in [-0.15, -0.1) is 10.2 Å². The summed E-state index contributed by atoms with van der Waals surface area (Å²) in [5.74, 6) is 0.453. The van der Waals surface area contributed by atoms with Crippen molar-refractivity contribution in [2.45, 2.75) is 39.2 Å². The fourth-order valence-electron chi connectivity index (χ4n) is 3.56. The Labute approximate surface area is 173 Å². The molecule has 0 saturated heterocycles. The molecular weight excluding hydrogens is 385 g/mol. The third-order valence-electron chi connectivity index (χ3n) is 5.05. The second kappa shape index (κ2) is 8.44. The molecule has 0 atom stereocenters. The second-order valence-electron chi connectivity index (χ2n) is 7.31. The number of aryl methyl sites for hydroxylation is 1. The Morgan fingerprint density at radius 2 is 1.80 bits per heavy atom. The first-order valence-corrected chi connectivity index (χ1v) is 9.92. The molecule has 8 heteroatoms. The van der Waals surface area contributed by atoms with Crippen LogP contribution in [0.25, 0.3) is 11.4 Å². The fourth-order valence-corrected chi connectivity index (χ4v) is 3.56. The second-order valence-corrected chi connectivity index (χ2v) is 7.31. The van der Waals surface area contributed by atoms with Crippen molar-refractivity contribution in [2.24, 2.45) is 0 Å². The van der Waals surface area contributed by atoms with Crippen LogP contribution in [-0.2, 0) is 17.8 Å². The minimum Gasteiger partial charge on any atom is -0.326 e. The molecule has 1 aliphatic rings. The standard InChI is InChI=1S/C22H22FN5O2/c1-14(29)24-17-9-6-15(7-10-17)22(30)25-19-13-16(8-11-18(19)23)21-27-26-20-5-3-2-4-12-28(20)21/h6-11,13H,2-5,12H2,1H3,(H,24,29)(H,25,30). The monoisotopic (exact) mass is 407 g/mol. The Morgan fingerprint density at radius 1 is 1.00 bits per heavy atom. The first-order chi connectivity index (χ1) is 14.5. The van der Waals surface area contributed by atoms with E-state index in [4.69, 9.17) is 0 Å². The van der Waals surface area contributed by atoms with Crippen molar-refractivity contribution in [3.8, 4) is 11.4 Å². The summed E-state index contributed by atoms with van der Waals surface area (Å²) < 4.78 is 16.5. The third-order valence-corrected chi connectivity index (χ3v) is 5.05. The van der Waals surface area contributed by atoms with E-state index in [-0.39, 0.29) is 11.6 Å². The Balaban J connectivity index is 1.56. The van der Waals surface area contributed by atoms with Gasteiger partial charge in [-0.3, -0.25) is 9.59 Å². The number of anilines is 2. The normalized spacial score (nSPS) is 13.3. The molecule has 154 valence electrons. The molecule has 0 bridgehead atoms. The molecule has 2 heterocycles. The van der Waals surface area contributed by atoms with E-state index in [1.54, 1.807) is 36.4 Å². The highest BCUT2D eigenvalue weighted by Gasteiger charge is 2.18. The van der Waals surface area contributed by atoms with E-state index in [0.29, 0.717) is 22.6 Å². The molecule has 1 aromatic heterocycles. The Kier molecular flexibility index (Phi) is 5.56. The van der Waals surface area contributed by atoms with Crippen LogP contribution in [0.5, 0.6) is 0 Å². The van der Waals surface area contributed by atoms with Crippen LogP contribution >= 0.6 is 0 Å². The molecule has 0 spiro atoms. The summed E-state index contributed by atoms with van der Waals surface area (Å²) in [6.07, 6.45) is 4.17. The minimum atomic E-state index is -0.530. The molecule has 1 aliphatic heterocycles. The number of aromatic nitrogens is 3. The van der Waals surface area contributed by atoms with Crippen LogP contribution in [0.2, 0.25) is 0 Å². The number of hydrogen-bond donors (Lipinski definition) is 2. The van der Waals surface area contributed by atoms with Gasteiger partial charge in [0.15, 0.2) is 5.82 Å². The maximum atomic E-state index is 14.4. The number of carbonyl (C=O) groups is 2. The number of nitrogens with one attached hydrogen (secondary N) is 2. The van der Waals surface area contributed by atoms with Gasteiger partial charge in [-0.2, -0.15) is 0 Å². The summed E-state index contributed by atoms with van der Waals surface area (Å²) in [4.78, 5) is 23.7. The van der Waals surface area contributed by atoms with Crippen molar-refractivity contribution >= 4 is 23.2 Å². The highest BCUT2D eigenvalue weighted by atomic mass is 19.1. The van der Waals surface area contributed by atoms with Crippen LogP contribution in [0.3, 0.4) is 0 Å². The molecule has 4 rings (SSSR count). The van der Waals surface area contributed by atoms with E-state index >= 15 is 0 Å². The van der Waals surface area contributed by atoms with Crippen molar-refractivity contribution < 1.29 is 14.0 Å². The van der Waals surface area contributed by atoms with Gasteiger partial charge in [0.1, 0.15) is 11.6 Å². The van der Waals surface area contributed by atoms with Crippen LogP contribution < -0.4 is 10.6 Å². The van der Waals surface area contributed by atoms with Gasteiger partial charge in [0.25, 0.3) is 5.91 Å². The minimum absolute atomic E-state index is 0.0782. The SMILES string of the molecule is CC(=O)Nc1ccc(C(=O)Nc2cc(-c3nnc4n3CCCCC4)ccc2F)cc1. The van der Waals surface area contributed by atoms with E-state index in [0.717, 1.165) is 38.1 Å². The number of halogens is 1. The molecule has 30 heavy (non-hydrogen) atoms. The zero-order valence-electron chi connectivity index (χ0n) is 16.6. The Bertz CT molecular complexity index is 1090. The van der Waals surface area contributed by atoms with E-state index < -0.39 is 11.7 Å². The molecule has 7 nitrogen and oxygen atoms in total. The van der Waals surface area contributed by atoms with E-state index in [1.807, 2.05) is 0 Å². The molecule has 0 unspecified atom stereocenters. The lowest BCUT2D eigenvalue weighted by atomic mass is 10.1. The van der Waals surface area contributed by atoms with E-state index in [1.165, 1.54) is 13.0 Å². The highest BCUT2D eigenvalue weighted by Crippen LogP contribution is 2.27. The van der Waals surface area contributed by atoms with Crippen molar-refractivity contribution in [2.75, 3.05) is 10.6 Å². The van der Waals surface area contributed by atoms with Gasteiger partial charge in [-0.1, -0.05) is 6.42 Å². The summed E-state index contributed by atoms with van der Waals surface area (Å²) in [5, 5.41) is 13.8. The average Bonchev–Trinajstić information content (AvgIpc) is 2.98. The van der Waals surface area contributed by atoms with Crippen LogP contribution in [0.4, 0.5) is 15.8 Å². The van der Waals surface area contributed by atoms with Crippen LogP contribution in [-0.4, -0.2) is 26.6 Å². The number of amides is 2. The summed E-state index contributed by atoms with van der Waals surface area (Å²) in [5.41, 5.74) is 1.72. The van der Waals surface area contributed by atoms with Gasteiger partial charge in [-0.25, -0.2) is 4.39 Å². The van der Waals surface area contributed by atoms with Crippen molar-refractivity contribution in [3.63, 3.8) is 0 Å². The van der Waals surface area contributed by atoms with Gasteiger partial charge in [0.2, 0.25) is 5.91 Å².